The van der Waals surface area contributed by atoms with Crippen LogP contribution in [0.5, 0.6) is 5.75 Å². The topological polar surface area (TPSA) is 73.1 Å². The molecule has 0 aliphatic rings. The highest BCUT2D eigenvalue weighted by Gasteiger charge is 1.97. The van der Waals surface area contributed by atoms with E-state index in [1.807, 2.05) is 6.92 Å². The van der Waals surface area contributed by atoms with Gasteiger partial charge in [0.2, 0.25) is 5.95 Å². The van der Waals surface area contributed by atoms with Crippen molar-refractivity contribution in [2.75, 3.05) is 19.0 Å². The number of hydrogen-bond acceptors (Lipinski definition) is 5. The minimum absolute atomic E-state index is 0.195. The molecule has 14 heavy (non-hydrogen) atoms. The number of methoxy groups -OCH3 is 1. The number of ether oxygens (including phenoxy) is 1. The van der Waals surface area contributed by atoms with Gasteiger partial charge in [-0.2, -0.15) is 0 Å². The van der Waals surface area contributed by atoms with Gasteiger partial charge in [-0.15, -0.1) is 0 Å². The number of hydrogen-bond donors (Lipinski definition) is 2. The van der Waals surface area contributed by atoms with Crippen LogP contribution in [-0.4, -0.2) is 29.7 Å². The van der Waals surface area contributed by atoms with Gasteiger partial charge in [-0.25, -0.2) is 9.97 Å². The molecule has 3 N–H and O–H groups in total. The van der Waals surface area contributed by atoms with Crippen molar-refractivity contribution in [3.63, 3.8) is 0 Å². The van der Waals surface area contributed by atoms with Crippen LogP contribution in [0.25, 0.3) is 0 Å². The Kier molecular flexibility index (Phi) is 4.12. The van der Waals surface area contributed by atoms with Crippen molar-refractivity contribution in [1.29, 1.82) is 0 Å². The van der Waals surface area contributed by atoms with E-state index in [2.05, 4.69) is 15.3 Å². The minimum atomic E-state index is 0.195. The average Bonchev–Trinajstić information content (AvgIpc) is 2.18. The van der Waals surface area contributed by atoms with Crippen LogP contribution in [0.4, 0.5) is 5.95 Å². The first-order valence-electron chi connectivity index (χ1n) is 4.58. The Morgan fingerprint density at radius 2 is 2.14 bits per heavy atom. The standard InChI is InChI=1S/C9H16N4O/c1-7(10)3-4-11-9-12-5-8(14-2)6-13-9/h5-7H,3-4,10H2,1-2H3,(H,11,12,13). The Morgan fingerprint density at radius 1 is 1.50 bits per heavy atom. The highest BCUT2D eigenvalue weighted by Crippen LogP contribution is 2.06. The summed E-state index contributed by atoms with van der Waals surface area (Å²) < 4.78 is 4.94. The summed E-state index contributed by atoms with van der Waals surface area (Å²) in [5.41, 5.74) is 5.60. The molecule has 5 nitrogen and oxygen atoms in total. The molecule has 0 bridgehead atoms. The first-order valence-corrected chi connectivity index (χ1v) is 4.58. The lowest BCUT2D eigenvalue weighted by Crippen LogP contribution is -2.19. The van der Waals surface area contributed by atoms with Crippen LogP contribution in [0.3, 0.4) is 0 Å². The maximum Gasteiger partial charge on any atom is 0.222 e. The van der Waals surface area contributed by atoms with E-state index in [1.54, 1.807) is 19.5 Å². The molecule has 1 atom stereocenters. The molecule has 0 radical (unpaired) electrons. The first-order chi connectivity index (χ1) is 6.72. The van der Waals surface area contributed by atoms with Crippen molar-refractivity contribution >= 4 is 5.95 Å². The molecule has 1 unspecified atom stereocenters. The average molecular weight is 196 g/mol. The summed E-state index contributed by atoms with van der Waals surface area (Å²) >= 11 is 0. The van der Waals surface area contributed by atoms with Crippen LogP contribution in [0, 0.1) is 0 Å². The summed E-state index contributed by atoms with van der Waals surface area (Å²) in [6.07, 6.45) is 4.15. The van der Waals surface area contributed by atoms with E-state index < -0.39 is 0 Å². The Bertz CT molecular complexity index is 260. The summed E-state index contributed by atoms with van der Waals surface area (Å²) in [5.74, 6) is 1.26. The lowest BCUT2D eigenvalue weighted by Gasteiger charge is -2.06. The lowest BCUT2D eigenvalue weighted by atomic mass is 10.2. The molecule has 78 valence electrons. The Balaban J connectivity index is 2.36. The molecule has 5 heteroatoms. The quantitative estimate of drug-likeness (QED) is 0.722. The summed E-state index contributed by atoms with van der Waals surface area (Å²) in [5, 5.41) is 3.07. The molecule has 1 aromatic heterocycles. The molecular weight excluding hydrogens is 180 g/mol. The second-order valence-electron chi connectivity index (χ2n) is 3.14. The van der Waals surface area contributed by atoms with Crippen molar-refractivity contribution < 1.29 is 4.74 Å². The molecule has 1 rings (SSSR count). The van der Waals surface area contributed by atoms with Gasteiger partial charge < -0.3 is 15.8 Å². The number of anilines is 1. The molecule has 0 saturated heterocycles. The maximum absolute atomic E-state index is 5.60. The van der Waals surface area contributed by atoms with E-state index >= 15 is 0 Å². The van der Waals surface area contributed by atoms with Gasteiger partial charge in [0, 0.05) is 12.6 Å². The molecular formula is C9H16N4O. The van der Waals surface area contributed by atoms with Gasteiger partial charge in [0.05, 0.1) is 19.5 Å². The predicted molar refractivity (Wildman–Crippen MR) is 55.3 cm³/mol. The molecule has 1 heterocycles. The van der Waals surface area contributed by atoms with Crippen molar-refractivity contribution in [2.24, 2.45) is 5.73 Å². The van der Waals surface area contributed by atoms with Crippen molar-refractivity contribution in [1.82, 2.24) is 9.97 Å². The second-order valence-corrected chi connectivity index (χ2v) is 3.14. The summed E-state index contributed by atoms with van der Waals surface area (Å²) in [7, 11) is 1.59. The highest BCUT2D eigenvalue weighted by molar-refractivity contribution is 5.26. The highest BCUT2D eigenvalue weighted by atomic mass is 16.5. The Hall–Kier alpha value is -1.36. The Morgan fingerprint density at radius 3 is 2.64 bits per heavy atom. The summed E-state index contributed by atoms with van der Waals surface area (Å²) in [4.78, 5) is 8.12. The van der Waals surface area contributed by atoms with E-state index in [0.29, 0.717) is 11.7 Å². The smallest absolute Gasteiger partial charge is 0.222 e. The van der Waals surface area contributed by atoms with E-state index in [-0.39, 0.29) is 6.04 Å². The largest absolute Gasteiger partial charge is 0.494 e. The fourth-order valence-corrected chi connectivity index (χ4v) is 0.925. The van der Waals surface area contributed by atoms with E-state index in [0.717, 1.165) is 13.0 Å². The van der Waals surface area contributed by atoms with Crippen LogP contribution >= 0.6 is 0 Å². The minimum Gasteiger partial charge on any atom is -0.494 e. The van der Waals surface area contributed by atoms with Crippen molar-refractivity contribution in [2.45, 2.75) is 19.4 Å². The van der Waals surface area contributed by atoms with E-state index in [9.17, 15) is 0 Å². The third-order valence-electron chi connectivity index (χ3n) is 1.75. The zero-order valence-electron chi connectivity index (χ0n) is 8.53. The monoisotopic (exact) mass is 196 g/mol. The molecule has 0 aliphatic heterocycles. The third-order valence-corrected chi connectivity index (χ3v) is 1.75. The van der Waals surface area contributed by atoms with Gasteiger partial charge in [-0.05, 0) is 13.3 Å². The molecule has 0 saturated carbocycles. The second kappa shape index (κ2) is 5.39. The van der Waals surface area contributed by atoms with E-state index in [1.165, 1.54) is 0 Å². The molecule has 0 spiro atoms. The normalized spacial score (nSPS) is 12.2. The first kappa shape index (κ1) is 10.7. The van der Waals surface area contributed by atoms with Crippen LogP contribution in [-0.2, 0) is 0 Å². The molecule has 1 aromatic rings. The summed E-state index contributed by atoms with van der Waals surface area (Å²) in [6.45, 7) is 2.75. The van der Waals surface area contributed by atoms with Gasteiger partial charge in [-0.3, -0.25) is 0 Å². The van der Waals surface area contributed by atoms with Crippen LogP contribution in [0.2, 0.25) is 0 Å². The van der Waals surface area contributed by atoms with Crippen LogP contribution < -0.4 is 15.8 Å². The van der Waals surface area contributed by atoms with Gasteiger partial charge in [0.1, 0.15) is 0 Å². The van der Waals surface area contributed by atoms with Gasteiger partial charge >= 0.3 is 0 Å². The Labute approximate surface area is 83.7 Å². The summed E-state index contributed by atoms with van der Waals surface area (Å²) in [6, 6.07) is 0.195. The number of nitrogens with one attached hydrogen (secondary N) is 1. The fourth-order valence-electron chi connectivity index (χ4n) is 0.925. The van der Waals surface area contributed by atoms with Gasteiger partial charge in [0.25, 0.3) is 0 Å². The molecule has 0 fully saturated rings. The number of nitrogens with two attached hydrogens (primary N) is 1. The van der Waals surface area contributed by atoms with Crippen molar-refractivity contribution in [3.05, 3.63) is 12.4 Å². The zero-order valence-corrected chi connectivity index (χ0v) is 8.53. The molecule has 0 aliphatic carbocycles. The lowest BCUT2D eigenvalue weighted by molar-refractivity contribution is 0.411. The molecule has 0 amide bonds. The van der Waals surface area contributed by atoms with E-state index in [4.69, 9.17) is 10.5 Å². The maximum atomic E-state index is 5.60. The SMILES string of the molecule is COc1cnc(NCCC(C)N)nc1. The number of aromatic nitrogens is 2. The van der Waals surface area contributed by atoms with Crippen molar-refractivity contribution in [3.8, 4) is 5.75 Å². The zero-order chi connectivity index (χ0) is 10.4. The fraction of sp³-hybridized carbons (Fsp3) is 0.556. The third kappa shape index (κ3) is 3.57. The van der Waals surface area contributed by atoms with Gasteiger partial charge in [-0.1, -0.05) is 0 Å². The van der Waals surface area contributed by atoms with Crippen LogP contribution in [0.15, 0.2) is 12.4 Å². The molecule has 0 aromatic carbocycles. The van der Waals surface area contributed by atoms with Crippen LogP contribution in [0.1, 0.15) is 13.3 Å². The van der Waals surface area contributed by atoms with Gasteiger partial charge in [0.15, 0.2) is 5.75 Å². The predicted octanol–water partition coefficient (Wildman–Crippen LogP) is 0.634. The number of rotatable bonds is 5. The number of nitrogens with zero attached hydrogens (tertiary/aromatic N) is 2.